The Morgan fingerprint density at radius 1 is 1.45 bits per heavy atom. The smallest absolute Gasteiger partial charge is 0.0167 e. The third kappa shape index (κ3) is 1.34. The molecular weight excluding hydrogens is 134 g/mol. The van der Waals surface area contributed by atoms with E-state index in [2.05, 4.69) is 18.3 Å². The molecule has 0 saturated carbocycles. The van der Waals surface area contributed by atoms with Crippen LogP contribution in [0.15, 0.2) is 11.6 Å². The summed E-state index contributed by atoms with van der Waals surface area (Å²) in [5.41, 5.74) is 1.69. The van der Waals surface area contributed by atoms with Gasteiger partial charge in [0.25, 0.3) is 0 Å². The lowest BCUT2D eigenvalue weighted by molar-refractivity contribution is 0.313. The normalized spacial score (nSPS) is 37.7. The van der Waals surface area contributed by atoms with Gasteiger partial charge in [0.1, 0.15) is 0 Å². The molecule has 0 aromatic rings. The van der Waals surface area contributed by atoms with E-state index in [1.807, 2.05) is 0 Å². The quantitative estimate of drug-likeness (QED) is 0.522. The number of rotatable bonds is 0. The second kappa shape index (κ2) is 2.98. The first-order valence-electron chi connectivity index (χ1n) is 4.77. The van der Waals surface area contributed by atoms with Crippen LogP contribution >= 0.6 is 0 Å². The average Bonchev–Trinajstić information content (AvgIpc) is 2.06. The molecule has 11 heavy (non-hydrogen) atoms. The van der Waals surface area contributed by atoms with E-state index in [0.29, 0.717) is 0 Å². The van der Waals surface area contributed by atoms with Gasteiger partial charge in [-0.25, -0.2) is 0 Å². The Morgan fingerprint density at radius 2 is 2.36 bits per heavy atom. The largest absolute Gasteiger partial charge is 0.313 e. The SMILES string of the molecule is CC1CCC=C2CNCCC21. The average molecular weight is 151 g/mol. The number of fused-ring (bicyclic) bond motifs is 1. The second-order valence-electron chi connectivity index (χ2n) is 3.91. The third-order valence-corrected chi connectivity index (χ3v) is 3.15. The van der Waals surface area contributed by atoms with Gasteiger partial charge in [0.2, 0.25) is 0 Å². The van der Waals surface area contributed by atoms with Crippen molar-refractivity contribution in [2.24, 2.45) is 11.8 Å². The summed E-state index contributed by atoms with van der Waals surface area (Å²) in [6.45, 7) is 4.80. The van der Waals surface area contributed by atoms with Crippen molar-refractivity contribution in [1.29, 1.82) is 0 Å². The first kappa shape index (κ1) is 7.35. The van der Waals surface area contributed by atoms with Crippen molar-refractivity contribution >= 4 is 0 Å². The van der Waals surface area contributed by atoms with Gasteiger partial charge in [-0.15, -0.1) is 0 Å². The molecule has 0 spiro atoms. The number of hydrogen-bond donors (Lipinski definition) is 1. The second-order valence-corrected chi connectivity index (χ2v) is 3.91. The topological polar surface area (TPSA) is 12.0 Å². The molecule has 2 unspecified atom stereocenters. The molecule has 0 bridgehead atoms. The first-order valence-corrected chi connectivity index (χ1v) is 4.77. The first-order chi connectivity index (χ1) is 5.38. The maximum atomic E-state index is 3.44. The monoisotopic (exact) mass is 151 g/mol. The molecule has 0 aromatic carbocycles. The van der Waals surface area contributed by atoms with Crippen LogP contribution in [0.4, 0.5) is 0 Å². The fourth-order valence-electron chi connectivity index (χ4n) is 2.41. The Bertz CT molecular complexity index is 172. The summed E-state index contributed by atoms with van der Waals surface area (Å²) >= 11 is 0. The fourth-order valence-corrected chi connectivity index (χ4v) is 2.41. The van der Waals surface area contributed by atoms with E-state index in [4.69, 9.17) is 0 Å². The molecule has 1 heterocycles. The summed E-state index contributed by atoms with van der Waals surface area (Å²) in [6.07, 6.45) is 6.55. The Balaban J connectivity index is 2.13. The van der Waals surface area contributed by atoms with Gasteiger partial charge in [0.05, 0.1) is 0 Å². The van der Waals surface area contributed by atoms with E-state index >= 15 is 0 Å². The Hall–Kier alpha value is -0.300. The number of nitrogens with one attached hydrogen (secondary N) is 1. The molecule has 1 aliphatic carbocycles. The van der Waals surface area contributed by atoms with Crippen LogP contribution in [0.2, 0.25) is 0 Å². The lowest BCUT2D eigenvalue weighted by atomic mass is 9.76. The van der Waals surface area contributed by atoms with Crippen LogP contribution in [0.3, 0.4) is 0 Å². The molecule has 62 valence electrons. The van der Waals surface area contributed by atoms with E-state index in [0.717, 1.165) is 18.4 Å². The van der Waals surface area contributed by atoms with E-state index in [-0.39, 0.29) is 0 Å². The number of hydrogen-bond acceptors (Lipinski definition) is 1. The molecule has 0 aromatic heterocycles. The van der Waals surface area contributed by atoms with Crippen molar-refractivity contribution < 1.29 is 0 Å². The zero-order valence-electron chi connectivity index (χ0n) is 7.27. The van der Waals surface area contributed by atoms with Gasteiger partial charge in [-0.1, -0.05) is 18.6 Å². The summed E-state index contributed by atoms with van der Waals surface area (Å²) < 4.78 is 0. The van der Waals surface area contributed by atoms with Crippen LogP contribution in [0.25, 0.3) is 0 Å². The zero-order valence-corrected chi connectivity index (χ0v) is 7.27. The lowest BCUT2D eigenvalue weighted by Gasteiger charge is -2.34. The van der Waals surface area contributed by atoms with Crippen molar-refractivity contribution in [2.75, 3.05) is 13.1 Å². The van der Waals surface area contributed by atoms with Crippen molar-refractivity contribution in [1.82, 2.24) is 5.32 Å². The number of allylic oxidation sites excluding steroid dienone is 1. The molecule has 1 fully saturated rings. The predicted octanol–water partition coefficient (Wildman–Crippen LogP) is 1.95. The highest BCUT2D eigenvalue weighted by Crippen LogP contribution is 2.33. The molecule has 1 N–H and O–H groups in total. The summed E-state index contributed by atoms with van der Waals surface area (Å²) in [6, 6.07) is 0. The Morgan fingerprint density at radius 3 is 3.18 bits per heavy atom. The van der Waals surface area contributed by atoms with Crippen molar-refractivity contribution in [2.45, 2.75) is 26.2 Å². The van der Waals surface area contributed by atoms with Crippen molar-refractivity contribution in [3.63, 3.8) is 0 Å². The van der Waals surface area contributed by atoms with Crippen LogP contribution < -0.4 is 5.32 Å². The highest BCUT2D eigenvalue weighted by molar-refractivity contribution is 5.15. The summed E-state index contributed by atoms with van der Waals surface area (Å²) in [5.74, 6) is 1.86. The van der Waals surface area contributed by atoms with E-state index < -0.39 is 0 Å². The van der Waals surface area contributed by atoms with E-state index in [1.54, 1.807) is 5.57 Å². The molecular formula is C10H17N. The molecule has 2 atom stereocenters. The standard InChI is InChI=1S/C10H17N/c1-8-3-2-4-9-7-11-6-5-10(8)9/h4,8,10-11H,2-3,5-7H2,1H3. The van der Waals surface area contributed by atoms with Crippen LogP contribution in [0.5, 0.6) is 0 Å². The van der Waals surface area contributed by atoms with Gasteiger partial charge in [-0.2, -0.15) is 0 Å². The lowest BCUT2D eigenvalue weighted by Crippen LogP contribution is -2.34. The summed E-state index contributed by atoms with van der Waals surface area (Å²) in [7, 11) is 0. The van der Waals surface area contributed by atoms with Gasteiger partial charge in [-0.3, -0.25) is 0 Å². The molecule has 1 heteroatoms. The van der Waals surface area contributed by atoms with E-state index in [9.17, 15) is 0 Å². The maximum Gasteiger partial charge on any atom is 0.0167 e. The minimum Gasteiger partial charge on any atom is -0.313 e. The molecule has 2 aliphatic rings. The molecule has 2 rings (SSSR count). The molecule has 0 radical (unpaired) electrons. The summed E-state index contributed by atoms with van der Waals surface area (Å²) in [5, 5.41) is 3.44. The van der Waals surface area contributed by atoms with Crippen molar-refractivity contribution in [3.8, 4) is 0 Å². The van der Waals surface area contributed by atoms with Crippen molar-refractivity contribution in [3.05, 3.63) is 11.6 Å². The minimum absolute atomic E-state index is 0.921. The summed E-state index contributed by atoms with van der Waals surface area (Å²) in [4.78, 5) is 0. The highest BCUT2D eigenvalue weighted by Gasteiger charge is 2.26. The van der Waals surface area contributed by atoms with E-state index in [1.165, 1.54) is 25.8 Å². The van der Waals surface area contributed by atoms with Gasteiger partial charge in [-0.05, 0) is 37.6 Å². The Labute approximate surface area is 68.9 Å². The third-order valence-electron chi connectivity index (χ3n) is 3.15. The maximum absolute atomic E-state index is 3.44. The van der Waals surface area contributed by atoms with Crippen LogP contribution in [0.1, 0.15) is 26.2 Å². The van der Waals surface area contributed by atoms with Gasteiger partial charge in [0.15, 0.2) is 0 Å². The zero-order chi connectivity index (χ0) is 7.68. The Kier molecular flexibility index (Phi) is 1.99. The van der Waals surface area contributed by atoms with Gasteiger partial charge >= 0.3 is 0 Å². The molecule has 0 amide bonds. The van der Waals surface area contributed by atoms with Crippen LogP contribution in [0, 0.1) is 11.8 Å². The predicted molar refractivity (Wildman–Crippen MR) is 47.5 cm³/mol. The van der Waals surface area contributed by atoms with Crippen LogP contribution in [-0.4, -0.2) is 13.1 Å². The fraction of sp³-hybridized carbons (Fsp3) is 0.800. The molecule has 1 nitrogen and oxygen atoms in total. The minimum atomic E-state index is 0.921. The molecule has 1 saturated heterocycles. The van der Waals surface area contributed by atoms with Gasteiger partial charge in [0, 0.05) is 6.54 Å². The van der Waals surface area contributed by atoms with Gasteiger partial charge < -0.3 is 5.32 Å². The number of piperidine rings is 1. The highest BCUT2D eigenvalue weighted by atomic mass is 14.9. The van der Waals surface area contributed by atoms with Crippen LogP contribution in [-0.2, 0) is 0 Å². The molecule has 1 aliphatic heterocycles.